The number of carbonyl (C=O) groups is 1. The number of fused-ring (bicyclic) bond motifs is 1. The van der Waals surface area contributed by atoms with Crippen LogP contribution in [0, 0.1) is 0 Å². The van der Waals surface area contributed by atoms with Crippen LogP contribution >= 0.6 is 15.9 Å². The normalized spacial score (nSPS) is 18.7. The van der Waals surface area contributed by atoms with E-state index in [1.807, 2.05) is 6.07 Å². The molecule has 0 aromatic heterocycles. The lowest BCUT2D eigenvalue weighted by atomic mass is 10.1. The van der Waals surface area contributed by atoms with Gasteiger partial charge in [0, 0.05) is 33.8 Å². The van der Waals surface area contributed by atoms with Crippen molar-refractivity contribution in [2.45, 2.75) is 18.9 Å². The van der Waals surface area contributed by atoms with E-state index in [2.05, 4.69) is 38.7 Å². The molecule has 0 heterocycles. The van der Waals surface area contributed by atoms with Crippen molar-refractivity contribution in [3.63, 3.8) is 0 Å². The SMILES string of the molecule is C[S@](=O)CCNC(=O)N[C@@H]1CCc2cc(Br)ccc21. The van der Waals surface area contributed by atoms with E-state index in [1.165, 1.54) is 11.1 Å². The van der Waals surface area contributed by atoms with E-state index < -0.39 is 10.8 Å². The fourth-order valence-corrected chi connectivity index (χ4v) is 3.05. The Morgan fingerprint density at radius 1 is 1.53 bits per heavy atom. The van der Waals surface area contributed by atoms with Gasteiger partial charge in [0.15, 0.2) is 0 Å². The monoisotopic (exact) mass is 344 g/mol. The molecule has 0 saturated carbocycles. The van der Waals surface area contributed by atoms with Gasteiger partial charge in [-0.05, 0) is 36.1 Å². The van der Waals surface area contributed by atoms with E-state index in [4.69, 9.17) is 0 Å². The van der Waals surface area contributed by atoms with Gasteiger partial charge in [0.05, 0.1) is 6.04 Å². The molecule has 6 heteroatoms. The molecule has 0 radical (unpaired) electrons. The second-order valence-corrected chi connectivity index (χ2v) is 7.08. The minimum atomic E-state index is -0.873. The molecule has 2 N–H and O–H groups in total. The van der Waals surface area contributed by atoms with Crippen LogP contribution in [0.4, 0.5) is 4.79 Å². The second-order valence-electron chi connectivity index (χ2n) is 4.61. The standard InChI is InChI=1S/C13H17BrN2O2S/c1-19(18)7-6-15-13(17)16-12-5-2-9-8-10(14)3-4-11(9)12/h3-4,8,12H,2,5-7H2,1H3,(H2,15,16,17)/t12-,19+/m1/s1. The van der Waals surface area contributed by atoms with Gasteiger partial charge in [-0.3, -0.25) is 4.21 Å². The first kappa shape index (κ1) is 14.5. The number of amides is 2. The van der Waals surface area contributed by atoms with Crippen molar-refractivity contribution in [2.24, 2.45) is 0 Å². The molecule has 0 unspecified atom stereocenters. The summed E-state index contributed by atoms with van der Waals surface area (Å²) in [6.45, 7) is 0.439. The minimum absolute atomic E-state index is 0.0789. The Labute approximate surface area is 123 Å². The first-order valence-electron chi connectivity index (χ1n) is 6.19. The van der Waals surface area contributed by atoms with Crippen molar-refractivity contribution in [1.82, 2.24) is 10.6 Å². The first-order valence-corrected chi connectivity index (χ1v) is 8.71. The Hall–Kier alpha value is -0.880. The molecular formula is C13H17BrN2O2S. The van der Waals surface area contributed by atoms with Crippen molar-refractivity contribution in [1.29, 1.82) is 0 Å². The summed E-state index contributed by atoms with van der Waals surface area (Å²) in [5.41, 5.74) is 2.48. The molecular weight excluding hydrogens is 328 g/mol. The van der Waals surface area contributed by atoms with Gasteiger partial charge in [0.25, 0.3) is 0 Å². The molecule has 19 heavy (non-hydrogen) atoms. The second kappa shape index (κ2) is 6.52. The highest BCUT2D eigenvalue weighted by Gasteiger charge is 2.23. The Balaban J connectivity index is 1.88. The fourth-order valence-electron chi connectivity index (χ4n) is 2.25. The van der Waals surface area contributed by atoms with Crippen molar-refractivity contribution in [3.05, 3.63) is 33.8 Å². The van der Waals surface area contributed by atoms with Crippen molar-refractivity contribution < 1.29 is 9.00 Å². The molecule has 1 aliphatic rings. The van der Waals surface area contributed by atoms with Gasteiger partial charge >= 0.3 is 6.03 Å². The average Bonchev–Trinajstić information content (AvgIpc) is 2.71. The van der Waals surface area contributed by atoms with E-state index in [0.717, 1.165) is 17.3 Å². The summed E-state index contributed by atoms with van der Waals surface area (Å²) >= 11 is 3.45. The maximum Gasteiger partial charge on any atom is 0.315 e. The van der Waals surface area contributed by atoms with Crippen molar-refractivity contribution >= 4 is 32.8 Å². The highest BCUT2D eigenvalue weighted by molar-refractivity contribution is 9.10. The van der Waals surface area contributed by atoms with E-state index >= 15 is 0 Å². The lowest BCUT2D eigenvalue weighted by Crippen LogP contribution is -2.39. The maximum atomic E-state index is 11.7. The number of hydrogen-bond acceptors (Lipinski definition) is 2. The van der Waals surface area contributed by atoms with Crippen LogP contribution in [0.15, 0.2) is 22.7 Å². The van der Waals surface area contributed by atoms with Crippen LogP contribution < -0.4 is 10.6 Å². The zero-order chi connectivity index (χ0) is 13.8. The van der Waals surface area contributed by atoms with Gasteiger partial charge in [0.2, 0.25) is 0 Å². The Morgan fingerprint density at radius 3 is 3.05 bits per heavy atom. The number of rotatable bonds is 4. The Kier molecular flexibility index (Phi) is 4.99. The molecule has 104 valence electrons. The highest BCUT2D eigenvalue weighted by Crippen LogP contribution is 2.32. The van der Waals surface area contributed by atoms with E-state index in [0.29, 0.717) is 12.3 Å². The summed E-state index contributed by atoms with van der Waals surface area (Å²) in [5.74, 6) is 0.488. The van der Waals surface area contributed by atoms with Crippen molar-refractivity contribution in [2.75, 3.05) is 18.6 Å². The smallest absolute Gasteiger partial charge is 0.315 e. The molecule has 0 spiro atoms. The molecule has 4 nitrogen and oxygen atoms in total. The minimum Gasteiger partial charge on any atom is -0.337 e. The van der Waals surface area contributed by atoms with Gasteiger partial charge in [-0.25, -0.2) is 4.79 Å². The Morgan fingerprint density at radius 2 is 2.32 bits per heavy atom. The molecule has 0 bridgehead atoms. The average molecular weight is 345 g/mol. The lowest BCUT2D eigenvalue weighted by molar-refractivity contribution is 0.237. The van der Waals surface area contributed by atoms with E-state index in [1.54, 1.807) is 6.26 Å². The van der Waals surface area contributed by atoms with Crippen LogP contribution in [-0.4, -0.2) is 28.8 Å². The van der Waals surface area contributed by atoms with Gasteiger partial charge in [0.1, 0.15) is 0 Å². The van der Waals surface area contributed by atoms with E-state index in [-0.39, 0.29) is 12.1 Å². The molecule has 0 fully saturated rings. The van der Waals surface area contributed by atoms with Gasteiger partial charge < -0.3 is 10.6 Å². The van der Waals surface area contributed by atoms with Gasteiger partial charge in [-0.1, -0.05) is 22.0 Å². The topological polar surface area (TPSA) is 58.2 Å². The maximum absolute atomic E-state index is 11.7. The molecule has 1 aromatic rings. The van der Waals surface area contributed by atoms with Crippen molar-refractivity contribution in [3.8, 4) is 0 Å². The van der Waals surface area contributed by atoms with Crippen LogP contribution in [0.2, 0.25) is 0 Å². The summed E-state index contributed by atoms with van der Waals surface area (Å²) in [4.78, 5) is 11.7. The van der Waals surface area contributed by atoms with Crippen LogP contribution in [-0.2, 0) is 17.2 Å². The van der Waals surface area contributed by atoms with Crippen LogP contribution in [0.5, 0.6) is 0 Å². The third-order valence-corrected chi connectivity index (χ3v) is 4.44. The van der Waals surface area contributed by atoms with Gasteiger partial charge in [-0.15, -0.1) is 0 Å². The molecule has 1 aliphatic carbocycles. The third kappa shape index (κ3) is 4.04. The quantitative estimate of drug-likeness (QED) is 0.878. The summed E-state index contributed by atoms with van der Waals surface area (Å²) < 4.78 is 12.0. The molecule has 2 rings (SSSR count). The Bertz CT molecular complexity index is 507. The number of benzene rings is 1. The summed E-state index contributed by atoms with van der Waals surface area (Å²) in [7, 11) is -0.873. The van der Waals surface area contributed by atoms with Crippen LogP contribution in [0.3, 0.4) is 0 Å². The summed E-state index contributed by atoms with van der Waals surface area (Å²) in [6.07, 6.45) is 3.54. The molecule has 1 aromatic carbocycles. The van der Waals surface area contributed by atoms with Crippen LogP contribution in [0.1, 0.15) is 23.6 Å². The van der Waals surface area contributed by atoms with E-state index in [9.17, 15) is 9.00 Å². The highest BCUT2D eigenvalue weighted by atomic mass is 79.9. The first-order chi connectivity index (χ1) is 9.06. The number of hydrogen-bond donors (Lipinski definition) is 2. The third-order valence-electron chi connectivity index (χ3n) is 3.16. The number of halogens is 1. The van der Waals surface area contributed by atoms with Gasteiger partial charge in [-0.2, -0.15) is 0 Å². The summed E-state index contributed by atoms with van der Waals surface area (Å²) in [6, 6.07) is 6.05. The lowest BCUT2D eigenvalue weighted by Gasteiger charge is -2.14. The molecule has 2 amide bonds. The largest absolute Gasteiger partial charge is 0.337 e. The van der Waals surface area contributed by atoms with Crippen LogP contribution in [0.25, 0.3) is 0 Å². The summed E-state index contributed by atoms with van der Waals surface area (Å²) in [5, 5.41) is 5.69. The predicted octanol–water partition coefficient (Wildman–Crippen LogP) is 2.11. The number of urea groups is 1. The molecule has 0 aliphatic heterocycles. The predicted molar refractivity (Wildman–Crippen MR) is 80.7 cm³/mol. The number of aryl methyl sites for hydroxylation is 1. The zero-order valence-corrected chi connectivity index (χ0v) is 13.1. The molecule has 2 atom stereocenters. The number of carbonyl (C=O) groups excluding carboxylic acids is 1. The molecule has 0 saturated heterocycles. The number of nitrogens with one attached hydrogen (secondary N) is 2. The fraction of sp³-hybridized carbons (Fsp3) is 0.462. The zero-order valence-electron chi connectivity index (χ0n) is 10.7.